The van der Waals surface area contributed by atoms with E-state index in [1.54, 1.807) is 0 Å². The Morgan fingerprint density at radius 2 is 2.45 bits per heavy atom. The molecule has 0 aromatic heterocycles. The Hall–Kier alpha value is -0.980. The van der Waals surface area contributed by atoms with Gasteiger partial charge in [-0.25, -0.2) is 0 Å². The van der Waals surface area contributed by atoms with Gasteiger partial charge in [-0.2, -0.15) is 0 Å². The number of nitrogens with two attached hydrogens (primary N) is 1. The molecule has 60 valence electrons. The van der Waals surface area contributed by atoms with Crippen LogP contribution in [0.15, 0.2) is 35.6 Å². The van der Waals surface area contributed by atoms with Crippen molar-refractivity contribution in [3.8, 4) is 0 Å². The van der Waals surface area contributed by atoms with Gasteiger partial charge < -0.3 is 5.73 Å². The Balaban J connectivity index is 2.71. The van der Waals surface area contributed by atoms with Gasteiger partial charge in [0.25, 0.3) is 0 Å². The topological polar surface area (TPSA) is 26.0 Å². The first-order valence-corrected chi connectivity index (χ1v) is 4.04. The van der Waals surface area contributed by atoms with E-state index < -0.39 is 0 Å². The second kappa shape index (κ2) is 3.42. The third kappa shape index (κ3) is 1.97. The zero-order valence-electron chi connectivity index (χ0n) is 7.17. The van der Waals surface area contributed by atoms with Crippen molar-refractivity contribution in [2.45, 2.75) is 20.3 Å². The SMILES string of the molecule is C/C=C(\N)C1=CCC(C)C=C1. The predicted octanol–water partition coefficient (Wildman–Crippen LogP) is 2.37. The van der Waals surface area contributed by atoms with Crippen LogP contribution in [0.5, 0.6) is 0 Å². The van der Waals surface area contributed by atoms with Crippen LogP contribution in [0.1, 0.15) is 20.3 Å². The van der Waals surface area contributed by atoms with E-state index in [1.165, 1.54) is 5.57 Å². The molecule has 1 nitrogen and oxygen atoms in total. The first-order valence-electron chi connectivity index (χ1n) is 4.04. The standard InChI is InChI=1S/C10H15N/c1-3-10(11)9-6-4-8(2)5-7-9/h3-4,6-8H,5,11H2,1-2H3/b10-3-. The second-order valence-corrected chi connectivity index (χ2v) is 2.98. The van der Waals surface area contributed by atoms with Crippen LogP contribution in [0.2, 0.25) is 0 Å². The molecule has 2 N–H and O–H groups in total. The number of allylic oxidation sites excluding steroid dienone is 4. The molecule has 0 saturated carbocycles. The average molecular weight is 149 g/mol. The zero-order valence-corrected chi connectivity index (χ0v) is 7.17. The smallest absolute Gasteiger partial charge is 0.0340 e. The van der Waals surface area contributed by atoms with Crippen LogP contribution >= 0.6 is 0 Å². The Labute approximate surface area is 68.3 Å². The summed E-state index contributed by atoms with van der Waals surface area (Å²) in [5, 5.41) is 0. The van der Waals surface area contributed by atoms with E-state index in [2.05, 4.69) is 25.2 Å². The Bertz CT molecular complexity index is 221. The molecule has 0 radical (unpaired) electrons. The summed E-state index contributed by atoms with van der Waals surface area (Å²) in [6.07, 6.45) is 9.54. The first-order chi connectivity index (χ1) is 5.24. The molecule has 0 saturated heterocycles. The van der Waals surface area contributed by atoms with E-state index in [9.17, 15) is 0 Å². The van der Waals surface area contributed by atoms with Crippen molar-refractivity contribution in [3.05, 3.63) is 35.6 Å². The van der Waals surface area contributed by atoms with Crippen molar-refractivity contribution < 1.29 is 0 Å². The summed E-state index contributed by atoms with van der Waals surface area (Å²) in [5.41, 5.74) is 7.79. The monoisotopic (exact) mass is 149 g/mol. The molecular formula is C10H15N. The van der Waals surface area contributed by atoms with Crippen LogP contribution in [0, 0.1) is 5.92 Å². The molecule has 0 spiro atoms. The highest BCUT2D eigenvalue weighted by atomic mass is 14.6. The van der Waals surface area contributed by atoms with E-state index in [0.717, 1.165) is 12.1 Å². The molecular weight excluding hydrogens is 134 g/mol. The molecule has 0 aliphatic heterocycles. The van der Waals surface area contributed by atoms with E-state index in [1.807, 2.05) is 13.0 Å². The highest BCUT2D eigenvalue weighted by Crippen LogP contribution is 2.18. The molecule has 11 heavy (non-hydrogen) atoms. The summed E-state index contributed by atoms with van der Waals surface area (Å²) < 4.78 is 0. The minimum Gasteiger partial charge on any atom is -0.399 e. The minimum absolute atomic E-state index is 0.670. The summed E-state index contributed by atoms with van der Waals surface area (Å²) in [7, 11) is 0. The van der Waals surface area contributed by atoms with E-state index in [4.69, 9.17) is 5.73 Å². The number of hydrogen-bond donors (Lipinski definition) is 1. The molecule has 1 atom stereocenters. The maximum atomic E-state index is 5.73. The van der Waals surface area contributed by atoms with Gasteiger partial charge in [0, 0.05) is 5.70 Å². The van der Waals surface area contributed by atoms with Crippen molar-refractivity contribution in [1.82, 2.24) is 0 Å². The minimum atomic E-state index is 0.670. The van der Waals surface area contributed by atoms with Gasteiger partial charge in [0.1, 0.15) is 0 Å². The summed E-state index contributed by atoms with van der Waals surface area (Å²) in [5.74, 6) is 0.670. The Kier molecular flexibility index (Phi) is 2.53. The predicted molar refractivity (Wildman–Crippen MR) is 48.9 cm³/mol. The maximum Gasteiger partial charge on any atom is 0.0340 e. The van der Waals surface area contributed by atoms with Crippen molar-refractivity contribution in [1.29, 1.82) is 0 Å². The van der Waals surface area contributed by atoms with Crippen molar-refractivity contribution in [2.75, 3.05) is 0 Å². The van der Waals surface area contributed by atoms with Gasteiger partial charge in [0.15, 0.2) is 0 Å². The lowest BCUT2D eigenvalue weighted by atomic mass is 9.97. The normalized spacial score (nSPS) is 25.1. The van der Waals surface area contributed by atoms with Crippen LogP contribution in [0.25, 0.3) is 0 Å². The fraction of sp³-hybridized carbons (Fsp3) is 0.400. The molecule has 1 aliphatic rings. The van der Waals surface area contributed by atoms with Gasteiger partial charge >= 0.3 is 0 Å². The summed E-state index contributed by atoms with van der Waals surface area (Å²) in [6.45, 7) is 4.16. The quantitative estimate of drug-likeness (QED) is 0.608. The van der Waals surface area contributed by atoms with Crippen LogP contribution < -0.4 is 5.73 Å². The molecule has 0 heterocycles. The average Bonchev–Trinajstić information content (AvgIpc) is 2.05. The van der Waals surface area contributed by atoms with E-state index in [-0.39, 0.29) is 0 Å². The molecule has 1 rings (SSSR count). The van der Waals surface area contributed by atoms with E-state index in [0.29, 0.717) is 5.92 Å². The lowest BCUT2D eigenvalue weighted by Crippen LogP contribution is -2.03. The molecule has 0 aromatic carbocycles. The highest BCUT2D eigenvalue weighted by Gasteiger charge is 2.03. The highest BCUT2D eigenvalue weighted by molar-refractivity contribution is 5.39. The number of rotatable bonds is 1. The molecule has 1 aliphatic carbocycles. The molecule has 1 heteroatoms. The van der Waals surface area contributed by atoms with Gasteiger partial charge in [-0.1, -0.05) is 31.2 Å². The van der Waals surface area contributed by atoms with Crippen LogP contribution in [-0.2, 0) is 0 Å². The Morgan fingerprint density at radius 1 is 1.73 bits per heavy atom. The summed E-state index contributed by atoms with van der Waals surface area (Å²) >= 11 is 0. The molecule has 1 unspecified atom stereocenters. The van der Waals surface area contributed by atoms with E-state index >= 15 is 0 Å². The first kappa shape index (κ1) is 8.12. The van der Waals surface area contributed by atoms with Crippen molar-refractivity contribution >= 4 is 0 Å². The zero-order chi connectivity index (χ0) is 8.27. The summed E-state index contributed by atoms with van der Waals surface area (Å²) in [4.78, 5) is 0. The molecule has 0 fully saturated rings. The lowest BCUT2D eigenvalue weighted by molar-refractivity contribution is 0.731. The van der Waals surface area contributed by atoms with Crippen LogP contribution in [-0.4, -0.2) is 0 Å². The van der Waals surface area contributed by atoms with Crippen molar-refractivity contribution in [3.63, 3.8) is 0 Å². The van der Waals surface area contributed by atoms with Gasteiger partial charge in [-0.05, 0) is 24.8 Å². The van der Waals surface area contributed by atoms with Gasteiger partial charge in [0.05, 0.1) is 0 Å². The fourth-order valence-corrected chi connectivity index (χ4v) is 1.11. The van der Waals surface area contributed by atoms with Gasteiger partial charge in [-0.15, -0.1) is 0 Å². The molecule has 0 amide bonds. The van der Waals surface area contributed by atoms with Gasteiger partial charge in [0.2, 0.25) is 0 Å². The largest absolute Gasteiger partial charge is 0.399 e. The lowest BCUT2D eigenvalue weighted by Gasteiger charge is -2.11. The second-order valence-electron chi connectivity index (χ2n) is 2.98. The Morgan fingerprint density at radius 3 is 2.91 bits per heavy atom. The third-order valence-electron chi connectivity index (χ3n) is 1.96. The fourth-order valence-electron chi connectivity index (χ4n) is 1.11. The summed E-state index contributed by atoms with van der Waals surface area (Å²) in [6, 6.07) is 0. The maximum absolute atomic E-state index is 5.73. The van der Waals surface area contributed by atoms with Crippen LogP contribution in [0.3, 0.4) is 0 Å². The molecule has 0 aromatic rings. The van der Waals surface area contributed by atoms with Crippen molar-refractivity contribution in [2.24, 2.45) is 11.7 Å². The molecule has 0 bridgehead atoms. The third-order valence-corrected chi connectivity index (χ3v) is 1.96. The van der Waals surface area contributed by atoms with Gasteiger partial charge in [-0.3, -0.25) is 0 Å². The van der Waals surface area contributed by atoms with Crippen LogP contribution in [0.4, 0.5) is 0 Å². The number of hydrogen-bond acceptors (Lipinski definition) is 1.